The summed E-state index contributed by atoms with van der Waals surface area (Å²) >= 11 is 0. The number of pyridine rings is 2. The van der Waals surface area contributed by atoms with Crippen LogP contribution in [0.1, 0.15) is 48.2 Å². The number of carbonyl (C=O) groups is 1. The Kier molecular flexibility index (Phi) is 8.25. The molecule has 212 valence electrons. The third kappa shape index (κ3) is 6.42. The number of nitrogens with one attached hydrogen (secondary N) is 3. The van der Waals surface area contributed by atoms with Crippen molar-refractivity contribution in [2.24, 2.45) is 0 Å². The van der Waals surface area contributed by atoms with Gasteiger partial charge in [-0.15, -0.1) is 0 Å². The SMILES string of the molecule is O=C(O)c1ccc2c(c1)nc(NCCOCCCCNCc1cc3cc(OC4CCC4)ccc3[nH]1)c1ccncc12. The first kappa shape index (κ1) is 27.0. The van der Waals surface area contributed by atoms with Crippen molar-refractivity contribution in [2.75, 3.05) is 31.6 Å². The number of hydrogen-bond donors (Lipinski definition) is 4. The number of rotatable bonds is 14. The van der Waals surface area contributed by atoms with E-state index in [1.165, 1.54) is 30.3 Å². The van der Waals surface area contributed by atoms with E-state index < -0.39 is 5.97 Å². The maximum absolute atomic E-state index is 11.4. The van der Waals surface area contributed by atoms with Crippen LogP contribution in [-0.4, -0.2) is 58.4 Å². The minimum atomic E-state index is -0.973. The average molecular weight is 554 g/mol. The Bertz CT molecular complexity index is 1660. The lowest BCUT2D eigenvalue weighted by molar-refractivity contribution is 0.0697. The molecule has 1 fully saturated rings. The molecule has 1 aliphatic carbocycles. The summed E-state index contributed by atoms with van der Waals surface area (Å²) in [4.78, 5) is 23.8. The molecule has 0 radical (unpaired) electrons. The van der Waals surface area contributed by atoms with E-state index in [0.717, 1.165) is 53.4 Å². The Morgan fingerprint density at radius 1 is 1.00 bits per heavy atom. The Balaban J connectivity index is 0.906. The van der Waals surface area contributed by atoms with Gasteiger partial charge in [-0.25, -0.2) is 9.78 Å². The molecule has 0 bridgehead atoms. The first-order valence-corrected chi connectivity index (χ1v) is 14.4. The molecular weight excluding hydrogens is 518 g/mol. The van der Waals surface area contributed by atoms with Gasteiger partial charge in [-0.1, -0.05) is 6.07 Å². The predicted octanol–water partition coefficient (Wildman–Crippen LogP) is 5.89. The quantitative estimate of drug-likeness (QED) is 0.0992. The smallest absolute Gasteiger partial charge is 0.335 e. The summed E-state index contributed by atoms with van der Waals surface area (Å²) in [5.74, 6) is 0.688. The molecule has 5 aromatic rings. The van der Waals surface area contributed by atoms with Gasteiger partial charge in [0.05, 0.1) is 23.8 Å². The summed E-state index contributed by atoms with van der Waals surface area (Å²) in [7, 11) is 0. The van der Waals surface area contributed by atoms with Crippen LogP contribution in [0.2, 0.25) is 0 Å². The number of aromatic amines is 1. The van der Waals surface area contributed by atoms with E-state index >= 15 is 0 Å². The molecule has 41 heavy (non-hydrogen) atoms. The first-order chi connectivity index (χ1) is 20.1. The zero-order valence-corrected chi connectivity index (χ0v) is 23.0. The topological polar surface area (TPSA) is 121 Å². The zero-order valence-electron chi connectivity index (χ0n) is 23.0. The van der Waals surface area contributed by atoms with Crippen LogP contribution in [0.25, 0.3) is 32.6 Å². The van der Waals surface area contributed by atoms with E-state index in [1.54, 1.807) is 30.6 Å². The van der Waals surface area contributed by atoms with Crippen LogP contribution in [0.5, 0.6) is 5.75 Å². The molecule has 3 aromatic heterocycles. The summed E-state index contributed by atoms with van der Waals surface area (Å²) in [5, 5.41) is 20.2. The highest BCUT2D eigenvalue weighted by molar-refractivity contribution is 6.10. The highest BCUT2D eigenvalue weighted by Crippen LogP contribution is 2.30. The highest BCUT2D eigenvalue weighted by atomic mass is 16.5. The number of aromatic carboxylic acids is 1. The van der Waals surface area contributed by atoms with Gasteiger partial charge in [0.25, 0.3) is 0 Å². The molecule has 4 N–H and O–H groups in total. The number of hydrogen-bond acceptors (Lipinski definition) is 7. The Morgan fingerprint density at radius 3 is 2.78 bits per heavy atom. The lowest BCUT2D eigenvalue weighted by Crippen LogP contribution is -2.24. The molecule has 0 saturated heterocycles. The van der Waals surface area contributed by atoms with E-state index in [0.29, 0.717) is 37.2 Å². The van der Waals surface area contributed by atoms with Crippen LogP contribution in [-0.2, 0) is 11.3 Å². The first-order valence-electron chi connectivity index (χ1n) is 14.4. The minimum absolute atomic E-state index is 0.210. The van der Waals surface area contributed by atoms with Crippen LogP contribution < -0.4 is 15.4 Å². The number of fused-ring (bicyclic) bond motifs is 4. The fourth-order valence-corrected chi connectivity index (χ4v) is 5.16. The van der Waals surface area contributed by atoms with Crippen molar-refractivity contribution in [3.63, 3.8) is 0 Å². The van der Waals surface area contributed by atoms with Gasteiger partial charge in [0.2, 0.25) is 0 Å². The summed E-state index contributed by atoms with van der Waals surface area (Å²) in [6.07, 6.45) is 9.52. The second-order valence-corrected chi connectivity index (χ2v) is 10.6. The van der Waals surface area contributed by atoms with Crippen molar-refractivity contribution in [3.8, 4) is 5.75 Å². The van der Waals surface area contributed by atoms with Gasteiger partial charge in [-0.05, 0) is 81.1 Å². The summed E-state index contributed by atoms with van der Waals surface area (Å²) in [6, 6.07) is 15.4. The summed E-state index contributed by atoms with van der Waals surface area (Å²) in [6.45, 7) is 3.56. The van der Waals surface area contributed by atoms with Crippen LogP contribution in [0, 0.1) is 0 Å². The predicted molar refractivity (Wildman–Crippen MR) is 161 cm³/mol. The molecule has 0 aliphatic heterocycles. The molecule has 6 rings (SSSR count). The normalized spacial score (nSPS) is 13.6. The molecule has 2 aromatic carbocycles. The van der Waals surface area contributed by atoms with Crippen LogP contribution in [0.4, 0.5) is 5.82 Å². The molecule has 0 unspecified atom stereocenters. The summed E-state index contributed by atoms with van der Waals surface area (Å²) < 4.78 is 11.9. The fraction of sp³-hybridized carbons (Fsp3) is 0.344. The standard InChI is InChI=1S/C32H35N5O4/c38-32(39)21-6-8-26-28-20-34-12-10-27(28)31(37-30(26)18-21)35-13-15-40-14-2-1-11-33-19-23-16-22-17-25(7-9-29(22)36-23)41-24-4-3-5-24/h6-10,12,16-18,20,24,33,36H,1-5,11,13-15,19H2,(H,35,37)(H,38,39). The van der Waals surface area contributed by atoms with E-state index in [1.807, 2.05) is 6.07 Å². The number of ether oxygens (including phenoxy) is 2. The van der Waals surface area contributed by atoms with E-state index in [2.05, 4.69) is 44.9 Å². The van der Waals surface area contributed by atoms with Gasteiger partial charge in [0, 0.05) is 64.8 Å². The average Bonchev–Trinajstić information content (AvgIpc) is 3.37. The molecule has 1 saturated carbocycles. The second kappa shape index (κ2) is 12.5. The fourth-order valence-electron chi connectivity index (χ4n) is 5.16. The lowest BCUT2D eigenvalue weighted by Gasteiger charge is -2.26. The summed E-state index contributed by atoms with van der Waals surface area (Å²) in [5.41, 5.74) is 3.14. The van der Waals surface area contributed by atoms with Crippen molar-refractivity contribution in [3.05, 3.63) is 72.2 Å². The van der Waals surface area contributed by atoms with Crippen molar-refractivity contribution >= 4 is 44.4 Å². The highest BCUT2D eigenvalue weighted by Gasteiger charge is 2.19. The third-order valence-electron chi connectivity index (χ3n) is 7.59. The van der Waals surface area contributed by atoms with E-state index in [-0.39, 0.29) is 5.56 Å². The molecule has 0 spiro atoms. The minimum Gasteiger partial charge on any atom is -0.490 e. The maximum Gasteiger partial charge on any atom is 0.335 e. The number of nitrogens with zero attached hydrogens (tertiary/aromatic N) is 2. The van der Waals surface area contributed by atoms with Gasteiger partial charge >= 0.3 is 5.97 Å². The Hall–Kier alpha value is -4.21. The largest absolute Gasteiger partial charge is 0.490 e. The van der Waals surface area contributed by atoms with Gasteiger partial charge in [-0.3, -0.25) is 4.98 Å². The van der Waals surface area contributed by atoms with Gasteiger partial charge in [0.15, 0.2) is 0 Å². The zero-order chi connectivity index (χ0) is 28.0. The van der Waals surface area contributed by atoms with Crippen molar-refractivity contribution in [1.29, 1.82) is 0 Å². The maximum atomic E-state index is 11.4. The number of carboxylic acid groups (broad SMARTS) is 1. The number of unbranched alkanes of at least 4 members (excludes halogenated alkanes) is 1. The molecule has 3 heterocycles. The lowest BCUT2D eigenvalue weighted by atomic mass is 9.96. The van der Waals surface area contributed by atoms with Crippen molar-refractivity contribution in [1.82, 2.24) is 20.3 Å². The second-order valence-electron chi connectivity index (χ2n) is 10.6. The number of anilines is 1. The number of H-pyrrole nitrogens is 1. The monoisotopic (exact) mass is 553 g/mol. The van der Waals surface area contributed by atoms with Crippen LogP contribution in [0.15, 0.2) is 60.9 Å². The number of carboxylic acids is 1. The molecule has 1 aliphatic rings. The molecule has 9 heteroatoms. The van der Waals surface area contributed by atoms with Gasteiger partial charge in [-0.2, -0.15) is 0 Å². The molecule has 0 amide bonds. The molecular formula is C32H35N5O4. The van der Waals surface area contributed by atoms with E-state index in [4.69, 9.17) is 14.5 Å². The number of aromatic nitrogens is 3. The van der Waals surface area contributed by atoms with Gasteiger partial charge in [0.1, 0.15) is 11.6 Å². The van der Waals surface area contributed by atoms with Crippen molar-refractivity contribution < 1.29 is 19.4 Å². The van der Waals surface area contributed by atoms with Gasteiger partial charge < -0.3 is 30.2 Å². The molecule has 9 nitrogen and oxygen atoms in total. The molecule has 0 atom stereocenters. The number of benzene rings is 2. The Morgan fingerprint density at radius 2 is 1.93 bits per heavy atom. The Labute approximate surface area is 238 Å². The van der Waals surface area contributed by atoms with Crippen molar-refractivity contribution in [2.45, 2.75) is 44.8 Å². The van der Waals surface area contributed by atoms with Crippen LogP contribution >= 0.6 is 0 Å². The van der Waals surface area contributed by atoms with Crippen LogP contribution in [0.3, 0.4) is 0 Å². The van der Waals surface area contributed by atoms with E-state index in [9.17, 15) is 9.90 Å². The third-order valence-corrected chi connectivity index (χ3v) is 7.59.